The van der Waals surface area contributed by atoms with Gasteiger partial charge >= 0.3 is 11.4 Å². The second-order valence-electron chi connectivity index (χ2n) is 7.30. The Morgan fingerprint density at radius 2 is 1.86 bits per heavy atom. The highest BCUT2D eigenvalue weighted by Crippen LogP contribution is 2.37. The lowest BCUT2D eigenvalue weighted by Gasteiger charge is -2.33. The largest absolute Gasteiger partial charge is 0.366 e. The van der Waals surface area contributed by atoms with E-state index < -0.39 is 0 Å². The maximum atomic E-state index is 12.5. The van der Waals surface area contributed by atoms with Gasteiger partial charge in [0.05, 0.1) is 26.9 Å². The maximum Gasteiger partial charge on any atom is 0.326 e. The predicted molar refractivity (Wildman–Crippen MR) is 111 cm³/mol. The number of aromatic nitrogens is 3. The molecule has 0 bridgehead atoms. The quantitative estimate of drug-likeness (QED) is 0.426. The molecule has 2 aromatic heterocycles. The van der Waals surface area contributed by atoms with Crippen LogP contribution in [0.1, 0.15) is 18.9 Å². The minimum Gasteiger partial charge on any atom is -0.366 e. The van der Waals surface area contributed by atoms with Crippen LogP contribution in [0.3, 0.4) is 0 Å². The number of imidazole rings is 1. The molecule has 8 heteroatoms. The Hall–Kier alpha value is -3.68. The van der Waals surface area contributed by atoms with Crippen LogP contribution in [0.25, 0.3) is 21.9 Å². The molecule has 1 saturated heterocycles. The van der Waals surface area contributed by atoms with Gasteiger partial charge < -0.3 is 9.88 Å². The minimum absolute atomic E-state index is 0.0658. The summed E-state index contributed by atoms with van der Waals surface area (Å²) in [6, 6.07) is 14.8. The van der Waals surface area contributed by atoms with Crippen LogP contribution in [-0.4, -0.2) is 32.5 Å². The molecule has 1 fully saturated rings. The van der Waals surface area contributed by atoms with Crippen LogP contribution < -0.4 is 10.6 Å². The number of hydrogen-bond acceptors (Lipinski definition) is 5. The Morgan fingerprint density at radius 1 is 1.07 bits per heavy atom. The average Bonchev–Trinajstić information content (AvgIpc) is 3.08. The minimum atomic E-state index is -0.324. The third-order valence-corrected chi connectivity index (χ3v) is 5.71. The lowest BCUT2D eigenvalue weighted by Crippen LogP contribution is -2.37. The van der Waals surface area contributed by atoms with E-state index >= 15 is 0 Å². The van der Waals surface area contributed by atoms with Crippen molar-refractivity contribution in [2.75, 3.05) is 18.0 Å². The van der Waals surface area contributed by atoms with E-state index in [1.807, 2.05) is 39.8 Å². The number of nitro groups is 1. The highest BCUT2D eigenvalue weighted by atomic mass is 16.6. The second kappa shape index (κ2) is 6.73. The fourth-order valence-corrected chi connectivity index (χ4v) is 4.37. The molecule has 4 aromatic rings. The molecule has 1 aliphatic rings. The first-order chi connectivity index (χ1) is 14.1. The normalized spacial score (nSPS) is 15.2. The zero-order valence-electron chi connectivity index (χ0n) is 15.6. The number of para-hydroxylation sites is 2. The molecule has 146 valence electrons. The van der Waals surface area contributed by atoms with Crippen LogP contribution in [0, 0.1) is 10.1 Å². The van der Waals surface area contributed by atoms with E-state index in [4.69, 9.17) is 0 Å². The smallest absolute Gasteiger partial charge is 0.326 e. The Morgan fingerprint density at radius 3 is 2.66 bits per heavy atom. The number of nitrogens with zero attached hydrogens (tertiary/aromatic N) is 4. The SMILES string of the molecule is O=c1[nH]c2ccccc2n1C1CCN(c2ccc3ncccc3c2[N+](=O)[O-])CC1. The number of fused-ring (bicyclic) bond motifs is 2. The molecule has 0 amide bonds. The first-order valence-corrected chi connectivity index (χ1v) is 9.60. The van der Waals surface area contributed by atoms with Crippen LogP contribution in [0.2, 0.25) is 0 Å². The lowest BCUT2D eigenvalue weighted by molar-refractivity contribution is -0.382. The third kappa shape index (κ3) is 2.84. The van der Waals surface area contributed by atoms with E-state index in [9.17, 15) is 14.9 Å². The van der Waals surface area contributed by atoms with Gasteiger partial charge in [0.1, 0.15) is 5.69 Å². The molecule has 0 unspecified atom stereocenters. The Bertz CT molecular complexity index is 1280. The first-order valence-electron chi connectivity index (χ1n) is 9.60. The molecule has 0 atom stereocenters. The summed E-state index contributed by atoms with van der Waals surface area (Å²) in [4.78, 5) is 33.2. The molecule has 0 saturated carbocycles. The van der Waals surface area contributed by atoms with Gasteiger partial charge in [-0.25, -0.2) is 4.79 Å². The van der Waals surface area contributed by atoms with Gasteiger partial charge in [-0.15, -0.1) is 0 Å². The molecule has 0 radical (unpaired) electrons. The number of aromatic amines is 1. The van der Waals surface area contributed by atoms with Crippen LogP contribution >= 0.6 is 0 Å². The van der Waals surface area contributed by atoms with E-state index in [0.717, 1.165) is 23.9 Å². The molecule has 5 rings (SSSR count). The van der Waals surface area contributed by atoms with Crippen molar-refractivity contribution < 1.29 is 4.92 Å². The number of benzene rings is 2. The van der Waals surface area contributed by atoms with Gasteiger partial charge in [-0.3, -0.25) is 19.7 Å². The van der Waals surface area contributed by atoms with Crippen molar-refractivity contribution in [3.05, 3.63) is 75.3 Å². The molecular weight excluding hydrogens is 370 g/mol. The number of nitrogens with one attached hydrogen (secondary N) is 1. The Labute approximate surface area is 165 Å². The summed E-state index contributed by atoms with van der Waals surface area (Å²) in [5.74, 6) is 0. The summed E-state index contributed by atoms with van der Waals surface area (Å²) < 4.78 is 1.82. The molecular formula is C21H19N5O3. The highest BCUT2D eigenvalue weighted by molar-refractivity contribution is 5.94. The summed E-state index contributed by atoms with van der Waals surface area (Å²) in [7, 11) is 0. The maximum absolute atomic E-state index is 12.5. The van der Waals surface area contributed by atoms with Crippen molar-refractivity contribution in [3.63, 3.8) is 0 Å². The summed E-state index contributed by atoms with van der Waals surface area (Å²) in [6.07, 6.45) is 3.12. The number of piperidine rings is 1. The van der Waals surface area contributed by atoms with Gasteiger partial charge in [-0.1, -0.05) is 12.1 Å². The van der Waals surface area contributed by atoms with Crippen LogP contribution in [0.5, 0.6) is 0 Å². The molecule has 3 heterocycles. The lowest BCUT2D eigenvalue weighted by atomic mass is 10.0. The van der Waals surface area contributed by atoms with Crippen molar-refractivity contribution in [2.45, 2.75) is 18.9 Å². The summed E-state index contributed by atoms with van der Waals surface area (Å²) in [5.41, 5.74) is 2.95. The van der Waals surface area contributed by atoms with Crippen molar-refractivity contribution >= 4 is 33.3 Å². The fourth-order valence-electron chi connectivity index (χ4n) is 4.37. The number of rotatable bonds is 3. The number of hydrogen-bond donors (Lipinski definition) is 1. The highest BCUT2D eigenvalue weighted by Gasteiger charge is 2.28. The van der Waals surface area contributed by atoms with Crippen LogP contribution in [-0.2, 0) is 0 Å². The van der Waals surface area contributed by atoms with Gasteiger partial charge in [-0.05, 0) is 49.2 Å². The third-order valence-electron chi connectivity index (χ3n) is 5.71. The van der Waals surface area contributed by atoms with Crippen molar-refractivity contribution in [2.24, 2.45) is 0 Å². The summed E-state index contributed by atoms with van der Waals surface area (Å²) in [6.45, 7) is 1.28. The van der Waals surface area contributed by atoms with E-state index in [-0.39, 0.29) is 22.3 Å². The van der Waals surface area contributed by atoms with Crippen LogP contribution in [0.4, 0.5) is 11.4 Å². The molecule has 2 aromatic carbocycles. The van der Waals surface area contributed by atoms with E-state index in [1.165, 1.54) is 0 Å². The van der Waals surface area contributed by atoms with Gasteiger partial charge in [-0.2, -0.15) is 0 Å². The fraction of sp³-hybridized carbons (Fsp3) is 0.238. The average molecular weight is 389 g/mol. The summed E-state index contributed by atoms with van der Waals surface area (Å²) >= 11 is 0. The molecule has 1 N–H and O–H groups in total. The van der Waals surface area contributed by atoms with E-state index in [2.05, 4.69) is 9.97 Å². The number of nitro benzene ring substituents is 1. The standard InChI is InChI=1S/C21H19N5O3/c27-21-23-17-5-1-2-6-18(17)25(21)14-9-12-24(13-10-14)19-8-7-16-15(4-3-11-22-16)20(19)26(28)29/h1-8,11,14H,9-10,12-13H2,(H,23,27). The molecule has 8 nitrogen and oxygen atoms in total. The molecule has 0 aliphatic carbocycles. The zero-order valence-corrected chi connectivity index (χ0v) is 15.6. The van der Waals surface area contributed by atoms with E-state index in [0.29, 0.717) is 29.7 Å². The van der Waals surface area contributed by atoms with Crippen molar-refractivity contribution in [1.82, 2.24) is 14.5 Å². The number of pyridine rings is 1. The monoisotopic (exact) mass is 389 g/mol. The predicted octanol–water partition coefficient (Wildman–Crippen LogP) is 3.63. The Kier molecular flexibility index (Phi) is 4.04. The molecule has 0 spiro atoms. The van der Waals surface area contributed by atoms with Gasteiger partial charge in [0.2, 0.25) is 0 Å². The molecule has 1 aliphatic heterocycles. The number of anilines is 1. The zero-order chi connectivity index (χ0) is 20.0. The van der Waals surface area contributed by atoms with Gasteiger partial charge in [0, 0.05) is 25.3 Å². The van der Waals surface area contributed by atoms with Gasteiger partial charge in [0.15, 0.2) is 0 Å². The molecule has 29 heavy (non-hydrogen) atoms. The van der Waals surface area contributed by atoms with Crippen LogP contribution in [0.15, 0.2) is 59.5 Å². The van der Waals surface area contributed by atoms with Crippen molar-refractivity contribution in [1.29, 1.82) is 0 Å². The summed E-state index contributed by atoms with van der Waals surface area (Å²) in [5, 5.41) is 12.4. The Balaban J connectivity index is 1.47. The topological polar surface area (TPSA) is 97.1 Å². The number of H-pyrrole nitrogens is 1. The second-order valence-corrected chi connectivity index (χ2v) is 7.30. The van der Waals surface area contributed by atoms with E-state index in [1.54, 1.807) is 24.4 Å². The first kappa shape index (κ1) is 17.4. The van der Waals surface area contributed by atoms with Gasteiger partial charge in [0.25, 0.3) is 0 Å². The van der Waals surface area contributed by atoms with Crippen molar-refractivity contribution in [3.8, 4) is 0 Å².